The second kappa shape index (κ2) is 8.21. The van der Waals surface area contributed by atoms with Gasteiger partial charge in [-0.3, -0.25) is 9.63 Å². The number of hydroxylamine groups is 1. The Kier molecular flexibility index (Phi) is 5.97. The van der Waals surface area contributed by atoms with E-state index in [4.69, 9.17) is 4.84 Å². The zero-order valence-electron chi connectivity index (χ0n) is 12.2. The van der Waals surface area contributed by atoms with Gasteiger partial charge in [0.1, 0.15) is 0 Å². The van der Waals surface area contributed by atoms with Gasteiger partial charge in [-0.1, -0.05) is 43.7 Å². The molecule has 1 atom stereocenters. The van der Waals surface area contributed by atoms with E-state index in [1.807, 2.05) is 41.1 Å². The second-order valence-electron chi connectivity index (χ2n) is 4.96. The monoisotopic (exact) mass is 287 g/mol. The normalized spacial score (nSPS) is 12.0. The van der Waals surface area contributed by atoms with Crippen molar-refractivity contribution in [3.63, 3.8) is 0 Å². The fourth-order valence-corrected chi connectivity index (χ4v) is 2.21. The van der Waals surface area contributed by atoms with Crippen molar-refractivity contribution in [2.75, 3.05) is 0 Å². The Morgan fingerprint density at radius 3 is 2.86 bits per heavy atom. The minimum Gasteiger partial charge on any atom is -0.334 e. The van der Waals surface area contributed by atoms with Crippen LogP contribution < -0.4 is 5.48 Å². The molecule has 0 aliphatic heterocycles. The van der Waals surface area contributed by atoms with Gasteiger partial charge in [-0.25, -0.2) is 10.5 Å². The molecule has 1 heterocycles. The largest absolute Gasteiger partial charge is 0.334 e. The zero-order chi connectivity index (χ0) is 14.9. The minimum atomic E-state index is -0.113. The number of carbonyl (C=O) groups excluding carboxylic acids is 1. The van der Waals surface area contributed by atoms with Crippen LogP contribution in [0.25, 0.3) is 0 Å². The predicted molar refractivity (Wildman–Crippen MR) is 80.2 cm³/mol. The molecule has 0 fully saturated rings. The minimum absolute atomic E-state index is 0.113. The Hall–Kier alpha value is -2.14. The van der Waals surface area contributed by atoms with Crippen LogP contribution in [0.15, 0.2) is 49.1 Å². The smallest absolute Gasteiger partial charge is 0.245 e. The SMILES string of the molecule is CCCC(CC(=O)NOCc1ccccc1)n1ccnc1. The summed E-state index contributed by atoms with van der Waals surface area (Å²) in [6.45, 7) is 2.48. The quantitative estimate of drug-likeness (QED) is 0.760. The molecule has 112 valence electrons. The molecule has 0 saturated carbocycles. The molecule has 2 aromatic rings. The van der Waals surface area contributed by atoms with Crippen molar-refractivity contribution in [1.29, 1.82) is 0 Å². The molecule has 0 radical (unpaired) electrons. The van der Waals surface area contributed by atoms with Crippen LogP contribution in [0, 0.1) is 0 Å². The summed E-state index contributed by atoms with van der Waals surface area (Å²) in [6.07, 6.45) is 7.70. The van der Waals surface area contributed by atoms with Gasteiger partial charge >= 0.3 is 0 Å². The summed E-state index contributed by atoms with van der Waals surface area (Å²) in [5.74, 6) is -0.113. The Bertz CT molecular complexity index is 526. The van der Waals surface area contributed by atoms with E-state index < -0.39 is 0 Å². The second-order valence-corrected chi connectivity index (χ2v) is 4.96. The first kappa shape index (κ1) is 15.3. The number of nitrogens with one attached hydrogen (secondary N) is 1. The van der Waals surface area contributed by atoms with Crippen molar-refractivity contribution in [1.82, 2.24) is 15.0 Å². The van der Waals surface area contributed by atoms with Crippen LogP contribution in [0.2, 0.25) is 0 Å². The summed E-state index contributed by atoms with van der Waals surface area (Å²) in [6, 6.07) is 9.86. The summed E-state index contributed by atoms with van der Waals surface area (Å²) in [4.78, 5) is 21.2. The molecule has 0 aliphatic rings. The Morgan fingerprint density at radius 2 is 2.19 bits per heavy atom. The van der Waals surface area contributed by atoms with Crippen molar-refractivity contribution in [2.45, 2.75) is 38.8 Å². The number of carbonyl (C=O) groups is 1. The van der Waals surface area contributed by atoms with Crippen molar-refractivity contribution in [3.05, 3.63) is 54.6 Å². The molecular formula is C16H21N3O2. The first-order chi connectivity index (χ1) is 10.3. The fraction of sp³-hybridized carbons (Fsp3) is 0.375. The third-order valence-corrected chi connectivity index (χ3v) is 3.26. The van der Waals surface area contributed by atoms with E-state index >= 15 is 0 Å². The molecule has 2 rings (SSSR count). The van der Waals surface area contributed by atoms with Gasteiger partial charge in [-0.15, -0.1) is 0 Å². The molecule has 5 heteroatoms. The van der Waals surface area contributed by atoms with Gasteiger partial charge < -0.3 is 4.57 Å². The van der Waals surface area contributed by atoms with Gasteiger partial charge in [0, 0.05) is 24.9 Å². The fourth-order valence-electron chi connectivity index (χ4n) is 2.21. The molecule has 1 amide bonds. The van der Waals surface area contributed by atoms with Crippen LogP contribution in [0.1, 0.15) is 37.8 Å². The lowest BCUT2D eigenvalue weighted by molar-refractivity contribution is -0.135. The van der Waals surface area contributed by atoms with E-state index in [9.17, 15) is 4.79 Å². The van der Waals surface area contributed by atoms with Crippen LogP contribution in [0.5, 0.6) is 0 Å². The van der Waals surface area contributed by atoms with E-state index in [0.717, 1.165) is 18.4 Å². The molecular weight excluding hydrogens is 266 g/mol. The van der Waals surface area contributed by atoms with Crippen LogP contribution >= 0.6 is 0 Å². The lowest BCUT2D eigenvalue weighted by Crippen LogP contribution is -2.26. The van der Waals surface area contributed by atoms with Crippen LogP contribution in [-0.2, 0) is 16.2 Å². The standard InChI is InChI=1S/C16H21N3O2/c1-2-6-15(19-10-9-17-13-19)11-16(20)18-21-12-14-7-4-3-5-8-14/h3-5,7-10,13,15H,2,6,11-12H2,1H3,(H,18,20). The number of benzene rings is 1. The predicted octanol–water partition coefficient (Wildman–Crippen LogP) is 2.86. The third kappa shape index (κ3) is 5.04. The average Bonchev–Trinajstić information content (AvgIpc) is 3.02. The molecule has 1 unspecified atom stereocenters. The van der Waals surface area contributed by atoms with E-state index in [1.165, 1.54) is 0 Å². The van der Waals surface area contributed by atoms with Gasteiger partial charge in [-0.05, 0) is 12.0 Å². The number of nitrogens with zero attached hydrogens (tertiary/aromatic N) is 2. The first-order valence-corrected chi connectivity index (χ1v) is 7.21. The summed E-state index contributed by atoms with van der Waals surface area (Å²) < 4.78 is 1.97. The van der Waals surface area contributed by atoms with Gasteiger partial charge in [0.15, 0.2) is 0 Å². The number of imidazole rings is 1. The van der Waals surface area contributed by atoms with Gasteiger partial charge in [0.2, 0.25) is 5.91 Å². The molecule has 1 aromatic carbocycles. The van der Waals surface area contributed by atoms with E-state index in [2.05, 4.69) is 17.4 Å². The summed E-state index contributed by atoms with van der Waals surface area (Å²) in [5.41, 5.74) is 3.53. The number of rotatable bonds is 8. The number of aromatic nitrogens is 2. The zero-order valence-corrected chi connectivity index (χ0v) is 12.2. The number of amides is 1. The van der Waals surface area contributed by atoms with Crippen molar-refractivity contribution in [2.24, 2.45) is 0 Å². The molecule has 5 nitrogen and oxygen atoms in total. The number of hydrogen-bond acceptors (Lipinski definition) is 3. The summed E-state index contributed by atoms with van der Waals surface area (Å²) in [7, 11) is 0. The van der Waals surface area contributed by atoms with Crippen LogP contribution in [-0.4, -0.2) is 15.5 Å². The lowest BCUT2D eigenvalue weighted by atomic mass is 10.1. The van der Waals surface area contributed by atoms with Crippen molar-refractivity contribution < 1.29 is 9.63 Å². The molecule has 0 spiro atoms. The molecule has 0 bridgehead atoms. The molecule has 1 aromatic heterocycles. The first-order valence-electron chi connectivity index (χ1n) is 7.21. The summed E-state index contributed by atoms with van der Waals surface area (Å²) >= 11 is 0. The highest BCUT2D eigenvalue weighted by Crippen LogP contribution is 2.17. The highest BCUT2D eigenvalue weighted by atomic mass is 16.6. The molecule has 0 aliphatic carbocycles. The van der Waals surface area contributed by atoms with E-state index in [0.29, 0.717) is 13.0 Å². The Labute approximate surface area is 124 Å². The maximum Gasteiger partial charge on any atom is 0.245 e. The van der Waals surface area contributed by atoms with Crippen molar-refractivity contribution >= 4 is 5.91 Å². The maximum absolute atomic E-state index is 11.9. The average molecular weight is 287 g/mol. The van der Waals surface area contributed by atoms with Gasteiger partial charge in [-0.2, -0.15) is 0 Å². The van der Waals surface area contributed by atoms with Gasteiger partial charge in [0.05, 0.1) is 12.9 Å². The molecule has 21 heavy (non-hydrogen) atoms. The highest BCUT2D eigenvalue weighted by molar-refractivity contribution is 5.75. The highest BCUT2D eigenvalue weighted by Gasteiger charge is 2.14. The molecule has 0 saturated heterocycles. The summed E-state index contributed by atoms with van der Waals surface area (Å²) in [5, 5.41) is 0. The Morgan fingerprint density at radius 1 is 1.38 bits per heavy atom. The topological polar surface area (TPSA) is 56.1 Å². The number of hydrogen-bond donors (Lipinski definition) is 1. The Balaban J connectivity index is 1.77. The van der Waals surface area contributed by atoms with Gasteiger partial charge in [0.25, 0.3) is 0 Å². The lowest BCUT2D eigenvalue weighted by Gasteiger charge is -2.17. The molecule has 1 N–H and O–H groups in total. The van der Waals surface area contributed by atoms with E-state index in [-0.39, 0.29) is 11.9 Å². The van der Waals surface area contributed by atoms with E-state index in [1.54, 1.807) is 12.5 Å². The maximum atomic E-state index is 11.9. The third-order valence-electron chi connectivity index (χ3n) is 3.26. The van der Waals surface area contributed by atoms with Crippen molar-refractivity contribution in [3.8, 4) is 0 Å². The van der Waals surface area contributed by atoms with Crippen LogP contribution in [0.4, 0.5) is 0 Å². The van der Waals surface area contributed by atoms with Crippen LogP contribution in [0.3, 0.4) is 0 Å².